The minimum Gasteiger partial charge on any atom is -0.361 e. The molecule has 1 aromatic heterocycles. The van der Waals surface area contributed by atoms with E-state index in [1.807, 2.05) is 18.3 Å². The molecule has 1 aromatic carbocycles. The second kappa shape index (κ2) is 2.83. The highest BCUT2D eigenvalue weighted by atomic mass is 35.5. The molecular weight excluding hydrogens is 170 g/mol. The van der Waals surface area contributed by atoms with Crippen LogP contribution in [0.2, 0.25) is 5.02 Å². The third kappa shape index (κ3) is 1.10. The van der Waals surface area contributed by atoms with E-state index in [1.54, 1.807) is 0 Å². The Hall–Kier alpha value is -0.950. The zero-order valence-electron chi connectivity index (χ0n) is 6.89. The molecule has 0 aliphatic rings. The molecule has 0 aliphatic heterocycles. The van der Waals surface area contributed by atoms with E-state index in [4.69, 9.17) is 11.6 Å². The summed E-state index contributed by atoms with van der Waals surface area (Å²) in [5.74, 6) is 0. The summed E-state index contributed by atoms with van der Waals surface area (Å²) in [6.45, 7) is 2.15. The molecule has 0 fully saturated rings. The predicted octanol–water partition coefficient (Wildman–Crippen LogP) is 3.38. The van der Waals surface area contributed by atoms with Crippen LogP contribution < -0.4 is 0 Å². The summed E-state index contributed by atoms with van der Waals surface area (Å²) in [6.07, 6.45) is 3.10. The van der Waals surface area contributed by atoms with Gasteiger partial charge in [-0.3, -0.25) is 0 Å². The van der Waals surface area contributed by atoms with Crippen LogP contribution in [0.25, 0.3) is 10.9 Å². The van der Waals surface area contributed by atoms with Crippen molar-refractivity contribution in [2.75, 3.05) is 0 Å². The summed E-state index contributed by atoms with van der Waals surface area (Å²) in [4.78, 5) is 3.20. The van der Waals surface area contributed by atoms with Gasteiger partial charge in [-0.15, -0.1) is 0 Å². The van der Waals surface area contributed by atoms with Crippen LogP contribution in [0.4, 0.5) is 0 Å². The number of fused-ring (bicyclic) bond motifs is 1. The molecule has 2 rings (SSSR count). The Kier molecular flexibility index (Phi) is 1.81. The van der Waals surface area contributed by atoms with Gasteiger partial charge in [-0.05, 0) is 24.1 Å². The summed E-state index contributed by atoms with van der Waals surface area (Å²) < 4.78 is 0. The predicted molar refractivity (Wildman–Crippen MR) is 52.7 cm³/mol. The SMILES string of the molecule is CCc1c[nH]c2cc(Cl)ccc12. The van der Waals surface area contributed by atoms with Crippen molar-refractivity contribution in [3.8, 4) is 0 Å². The first kappa shape index (κ1) is 7.69. The fraction of sp³-hybridized carbons (Fsp3) is 0.200. The molecule has 12 heavy (non-hydrogen) atoms. The van der Waals surface area contributed by atoms with E-state index in [2.05, 4.69) is 18.0 Å². The molecule has 0 amide bonds. The number of rotatable bonds is 1. The largest absolute Gasteiger partial charge is 0.361 e. The average molecular weight is 180 g/mol. The van der Waals surface area contributed by atoms with E-state index < -0.39 is 0 Å². The van der Waals surface area contributed by atoms with Crippen LogP contribution in [0.3, 0.4) is 0 Å². The highest BCUT2D eigenvalue weighted by Gasteiger charge is 2.00. The standard InChI is InChI=1S/C10H10ClN/c1-2-7-6-12-10-5-8(11)3-4-9(7)10/h3-6,12H,2H2,1H3. The molecule has 0 saturated carbocycles. The maximum atomic E-state index is 5.85. The average Bonchev–Trinajstić information content (AvgIpc) is 2.46. The van der Waals surface area contributed by atoms with Gasteiger partial charge in [0.2, 0.25) is 0 Å². The third-order valence-corrected chi connectivity index (χ3v) is 2.35. The monoisotopic (exact) mass is 179 g/mol. The summed E-state index contributed by atoms with van der Waals surface area (Å²) in [5.41, 5.74) is 2.47. The fourth-order valence-electron chi connectivity index (χ4n) is 1.45. The molecule has 0 bridgehead atoms. The Morgan fingerprint density at radius 2 is 2.25 bits per heavy atom. The molecule has 62 valence electrons. The normalized spacial score (nSPS) is 10.8. The van der Waals surface area contributed by atoms with Crippen LogP contribution in [-0.4, -0.2) is 4.98 Å². The van der Waals surface area contributed by atoms with E-state index in [9.17, 15) is 0 Å². The van der Waals surface area contributed by atoms with E-state index in [0.29, 0.717) is 0 Å². The molecule has 0 atom stereocenters. The summed E-state index contributed by atoms with van der Waals surface area (Å²) >= 11 is 5.85. The van der Waals surface area contributed by atoms with Gasteiger partial charge in [0, 0.05) is 22.1 Å². The number of aromatic nitrogens is 1. The van der Waals surface area contributed by atoms with Crippen molar-refractivity contribution in [3.05, 3.63) is 35.0 Å². The number of hydrogen-bond acceptors (Lipinski definition) is 0. The minimum atomic E-state index is 0.784. The lowest BCUT2D eigenvalue weighted by molar-refractivity contribution is 1.15. The van der Waals surface area contributed by atoms with Gasteiger partial charge in [0.1, 0.15) is 0 Å². The zero-order valence-corrected chi connectivity index (χ0v) is 7.65. The number of benzene rings is 1. The van der Waals surface area contributed by atoms with Gasteiger partial charge in [0.25, 0.3) is 0 Å². The molecule has 2 heteroatoms. The van der Waals surface area contributed by atoms with Gasteiger partial charge in [0.15, 0.2) is 0 Å². The van der Waals surface area contributed by atoms with Gasteiger partial charge in [-0.25, -0.2) is 0 Å². The molecule has 0 unspecified atom stereocenters. The second-order valence-electron chi connectivity index (χ2n) is 2.86. The second-order valence-corrected chi connectivity index (χ2v) is 3.29. The topological polar surface area (TPSA) is 15.8 Å². The molecule has 0 aliphatic carbocycles. The first-order valence-electron chi connectivity index (χ1n) is 4.07. The minimum absolute atomic E-state index is 0.784. The molecule has 2 aromatic rings. The van der Waals surface area contributed by atoms with E-state index in [-0.39, 0.29) is 0 Å². The molecule has 0 saturated heterocycles. The zero-order chi connectivity index (χ0) is 8.55. The highest BCUT2D eigenvalue weighted by molar-refractivity contribution is 6.31. The van der Waals surface area contributed by atoms with Crippen LogP contribution >= 0.6 is 11.6 Å². The Bertz CT molecular complexity index is 403. The van der Waals surface area contributed by atoms with Crippen molar-refractivity contribution in [2.24, 2.45) is 0 Å². The molecular formula is C10H10ClN. The number of nitrogens with one attached hydrogen (secondary N) is 1. The Labute approximate surface area is 76.4 Å². The van der Waals surface area contributed by atoms with Gasteiger partial charge < -0.3 is 4.98 Å². The van der Waals surface area contributed by atoms with Crippen molar-refractivity contribution >= 4 is 22.5 Å². The Morgan fingerprint density at radius 1 is 1.42 bits per heavy atom. The first-order valence-corrected chi connectivity index (χ1v) is 4.44. The lowest BCUT2D eigenvalue weighted by atomic mass is 10.1. The van der Waals surface area contributed by atoms with E-state index >= 15 is 0 Å². The summed E-state index contributed by atoms with van der Waals surface area (Å²) in [5, 5.41) is 2.06. The summed E-state index contributed by atoms with van der Waals surface area (Å²) in [6, 6.07) is 5.94. The van der Waals surface area contributed by atoms with Crippen molar-refractivity contribution < 1.29 is 0 Å². The van der Waals surface area contributed by atoms with Gasteiger partial charge in [0.05, 0.1) is 0 Å². The number of H-pyrrole nitrogens is 1. The number of halogens is 1. The number of aromatic amines is 1. The Balaban J connectivity index is 2.73. The lowest BCUT2D eigenvalue weighted by Gasteiger charge is -1.93. The van der Waals surface area contributed by atoms with Crippen LogP contribution in [-0.2, 0) is 6.42 Å². The molecule has 0 spiro atoms. The highest BCUT2D eigenvalue weighted by Crippen LogP contribution is 2.21. The van der Waals surface area contributed by atoms with Crippen LogP contribution in [0.5, 0.6) is 0 Å². The van der Waals surface area contributed by atoms with E-state index in [1.165, 1.54) is 10.9 Å². The quantitative estimate of drug-likeness (QED) is 0.691. The van der Waals surface area contributed by atoms with Gasteiger partial charge in [-0.2, -0.15) is 0 Å². The van der Waals surface area contributed by atoms with Crippen molar-refractivity contribution in [1.82, 2.24) is 4.98 Å². The third-order valence-electron chi connectivity index (χ3n) is 2.11. The first-order chi connectivity index (χ1) is 5.81. The lowest BCUT2D eigenvalue weighted by Crippen LogP contribution is -1.74. The van der Waals surface area contributed by atoms with Crippen molar-refractivity contribution in [1.29, 1.82) is 0 Å². The van der Waals surface area contributed by atoms with Crippen LogP contribution in [0.1, 0.15) is 12.5 Å². The number of aryl methyl sites for hydroxylation is 1. The van der Waals surface area contributed by atoms with Crippen LogP contribution in [0.15, 0.2) is 24.4 Å². The smallest absolute Gasteiger partial charge is 0.0471 e. The molecule has 1 heterocycles. The molecule has 1 nitrogen and oxygen atoms in total. The maximum absolute atomic E-state index is 5.85. The Morgan fingerprint density at radius 3 is 3.00 bits per heavy atom. The van der Waals surface area contributed by atoms with Gasteiger partial charge in [-0.1, -0.05) is 24.6 Å². The molecule has 0 radical (unpaired) electrons. The maximum Gasteiger partial charge on any atom is 0.0471 e. The van der Waals surface area contributed by atoms with Crippen molar-refractivity contribution in [2.45, 2.75) is 13.3 Å². The number of hydrogen-bond donors (Lipinski definition) is 1. The van der Waals surface area contributed by atoms with Crippen molar-refractivity contribution in [3.63, 3.8) is 0 Å². The molecule has 1 N–H and O–H groups in total. The van der Waals surface area contributed by atoms with E-state index in [0.717, 1.165) is 17.0 Å². The fourth-order valence-corrected chi connectivity index (χ4v) is 1.62. The summed E-state index contributed by atoms with van der Waals surface area (Å²) in [7, 11) is 0. The van der Waals surface area contributed by atoms with Crippen LogP contribution in [0, 0.1) is 0 Å². The van der Waals surface area contributed by atoms with Gasteiger partial charge >= 0.3 is 0 Å².